The van der Waals surface area contributed by atoms with Crippen LogP contribution in [0.5, 0.6) is 0 Å². The van der Waals surface area contributed by atoms with Crippen LogP contribution in [0.25, 0.3) is 0 Å². The number of halogens is 1. The number of benzene rings is 1. The lowest BCUT2D eigenvalue weighted by Crippen LogP contribution is -2.05. The van der Waals surface area contributed by atoms with Gasteiger partial charge in [-0.25, -0.2) is 4.79 Å². The van der Waals surface area contributed by atoms with Crippen LogP contribution in [0.4, 0.5) is 0 Å². The third-order valence-electron chi connectivity index (χ3n) is 1.63. The highest BCUT2D eigenvalue weighted by Gasteiger charge is 2.08. The third kappa shape index (κ3) is 2.42. The number of ether oxygens (including phenoxy) is 1. The number of hydrogen-bond donors (Lipinski definition) is 0. The minimum absolute atomic E-state index is 0.325. The number of esters is 1. The van der Waals surface area contributed by atoms with Gasteiger partial charge < -0.3 is 4.74 Å². The summed E-state index contributed by atoms with van der Waals surface area (Å²) in [5, 5.41) is 0. The summed E-state index contributed by atoms with van der Waals surface area (Å²) < 4.78 is 5.46. The highest BCUT2D eigenvalue weighted by atomic mass is 79.9. The number of carbonyl (C=O) groups excluding carboxylic acids is 2. The minimum Gasteiger partial charge on any atom is -0.462 e. The first-order valence-corrected chi connectivity index (χ1v) is 4.90. The fraction of sp³-hybridized carbons (Fsp3) is 0.200. The van der Waals surface area contributed by atoms with Crippen molar-refractivity contribution < 1.29 is 14.3 Å². The van der Waals surface area contributed by atoms with Crippen LogP contribution in [0.15, 0.2) is 22.7 Å². The van der Waals surface area contributed by atoms with Gasteiger partial charge in [0.25, 0.3) is 0 Å². The maximum absolute atomic E-state index is 11.3. The van der Waals surface area contributed by atoms with E-state index in [4.69, 9.17) is 4.74 Å². The van der Waals surface area contributed by atoms with E-state index in [0.717, 1.165) is 0 Å². The second-order valence-electron chi connectivity index (χ2n) is 2.57. The average molecular weight is 257 g/mol. The van der Waals surface area contributed by atoms with Crippen LogP contribution in [0.1, 0.15) is 27.6 Å². The fourth-order valence-corrected chi connectivity index (χ4v) is 1.32. The molecule has 0 amide bonds. The Morgan fingerprint density at radius 1 is 1.57 bits per heavy atom. The summed E-state index contributed by atoms with van der Waals surface area (Å²) in [4.78, 5) is 21.8. The predicted octanol–water partition coefficient (Wildman–Crippen LogP) is 2.44. The number of carbonyl (C=O) groups is 2. The first-order valence-electron chi connectivity index (χ1n) is 4.11. The molecule has 0 fully saturated rings. The number of rotatable bonds is 3. The lowest BCUT2D eigenvalue weighted by molar-refractivity contribution is 0.0526. The molecule has 0 saturated carbocycles. The van der Waals surface area contributed by atoms with E-state index in [2.05, 4.69) is 15.9 Å². The Morgan fingerprint density at radius 2 is 2.29 bits per heavy atom. The summed E-state index contributed by atoms with van der Waals surface area (Å²) >= 11 is 3.20. The standard InChI is InChI=1S/C10H9BrO3/c1-2-14-10(13)7-3-4-9(11)8(5-7)6-12/h3-6H,2H2,1H3. The Morgan fingerprint density at radius 3 is 2.86 bits per heavy atom. The van der Waals surface area contributed by atoms with E-state index in [1.807, 2.05) is 0 Å². The van der Waals surface area contributed by atoms with E-state index in [0.29, 0.717) is 28.5 Å². The zero-order valence-corrected chi connectivity index (χ0v) is 9.21. The molecule has 1 rings (SSSR count). The highest BCUT2D eigenvalue weighted by molar-refractivity contribution is 9.10. The van der Waals surface area contributed by atoms with Crippen molar-refractivity contribution in [2.45, 2.75) is 6.92 Å². The van der Waals surface area contributed by atoms with E-state index < -0.39 is 5.97 Å². The summed E-state index contributed by atoms with van der Waals surface area (Å²) in [6, 6.07) is 4.75. The van der Waals surface area contributed by atoms with Gasteiger partial charge in [0, 0.05) is 10.0 Å². The third-order valence-corrected chi connectivity index (χ3v) is 2.36. The number of hydrogen-bond acceptors (Lipinski definition) is 3. The van der Waals surface area contributed by atoms with Crippen molar-refractivity contribution in [3.63, 3.8) is 0 Å². The van der Waals surface area contributed by atoms with Gasteiger partial charge in [-0.2, -0.15) is 0 Å². The molecule has 14 heavy (non-hydrogen) atoms. The Bertz CT molecular complexity index is 360. The zero-order chi connectivity index (χ0) is 10.6. The van der Waals surface area contributed by atoms with Crippen LogP contribution >= 0.6 is 15.9 Å². The molecule has 0 radical (unpaired) electrons. The molecule has 0 aliphatic carbocycles. The van der Waals surface area contributed by atoms with Crippen molar-refractivity contribution in [3.05, 3.63) is 33.8 Å². The molecule has 0 atom stereocenters. The van der Waals surface area contributed by atoms with Crippen LogP contribution in [0.3, 0.4) is 0 Å². The van der Waals surface area contributed by atoms with Crippen molar-refractivity contribution in [2.24, 2.45) is 0 Å². The highest BCUT2D eigenvalue weighted by Crippen LogP contribution is 2.17. The molecule has 0 N–H and O–H groups in total. The van der Waals surface area contributed by atoms with Crippen molar-refractivity contribution in [1.29, 1.82) is 0 Å². The van der Waals surface area contributed by atoms with Gasteiger partial charge in [-0.05, 0) is 25.1 Å². The second kappa shape index (κ2) is 4.91. The monoisotopic (exact) mass is 256 g/mol. The SMILES string of the molecule is CCOC(=O)c1ccc(Br)c(C=O)c1. The molecule has 0 heterocycles. The lowest BCUT2D eigenvalue weighted by Gasteiger charge is -2.02. The largest absolute Gasteiger partial charge is 0.462 e. The van der Waals surface area contributed by atoms with Crippen LogP contribution in [0.2, 0.25) is 0 Å². The summed E-state index contributed by atoms with van der Waals surface area (Å²) in [5.74, 6) is -0.414. The van der Waals surface area contributed by atoms with Gasteiger partial charge >= 0.3 is 5.97 Å². The van der Waals surface area contributed by atoms with Crippen molar-refractivity contribution >= 4 is 28.2 Å². The van der Waals surface area contributed by atoms with E-state index >= 15 is 0 Å². The van der Waals surface area contributed by atoms with Crippen molar-refractivity contribution in [2.75, 3.05) is 6.61 Å². The normalized spacial score (nSPS) is 9.57. The van der Waals surface area contributed by atoms with E-state index in [1.165, 1.54) is 6.07 Å². The molecule has 74 valence electrons. The Kier molecular flexibility index (Phi) is 3.83. The Labute approximate surface area is 90.2 Å². The number of aldehydes is 1. The van der Waals surface area contributed by atoms with E-state index in [9.17, 15) is 9.59 Å². The van der Waals surface area contributed by atoms with Crippen LogP contribution in [-0.2, 0) is 4.74 Å². The lowest BCUT2D eigenvalue weighted by atomic mass is 10.1. The summed E-state index contributed by atoms with van der Waals surface area (Å²) in [5.41, 5.74) is 0.827. The Balaban J connectivity index is 3.00. The van der Waals surface area contributed by atoms with Crippen LogP contribution in [0, 0.1) is 0 Å². The van der Waals surface area contributed by atoms with Crippen LogP contribution < -0.4 is 0 Å². The molecular formula is C10H9BrO3. The average Bonchev–Trinajstić information content (AvgIpc) is 2.19. The molecule has 0 spiro atoms. The molecule has 0 unspecified atom stereocenters. The molecule has 4 heteroatoms. The second-order valence-corrected chi connectivity index (χ2v) is 3.43. The molecule has 0 aliphatic heterocycles. The molecular weight excluding hydrogens is 248 g/mol. The first kappa shape index (κ1) is 10.9. The summed E-state index contributed by atoms with van der Waals surface area (Å²) in [6.07, 6.45) is 0.687. The Hall–Kier alpha value is -1.16. The fourth-order valence-electron chi connectivity index (χ4n) is 0.975. The molecule has 1 aromatic rings. The molecule has 0 bridgehead atoms. The van der Waals surface area contributed by atoms with Gasteiger partial charge in [-0.3, -0.25) is 4.79 Å². The topological polar surface area (TPSA) is 43.4 Å². The molecule has 1 aromatic carbocycles. The summed E-state index contributed by atoms with van der Waals surface area (Å²) in [7, 11) is 0. The quantitative estimate of drug-likeness (QED) is 0.617. The smallest absolute Gasteiger partial charge is 0.338 e. The molecule has 0 aliphatic rings. The van der Waals surface area contributed by atoms with Gasteiger partial charge in [-0.1, -0.05) is 15.9 Å². The van der Waals surface area contributed by atoms with Gasteiger partial charge in [0.15, 0.2) is 6.29 Å². The van der Waals surface area contributed by atoms with Gasteiger partial charge in [0.05, 0.1) is 12.2 Å². The molecule has 3 nitrogen and oxygen atoms in total. The van der Waals surface area contributed by atoms with E-state index in [-0.39, 0.29) is 0 Å². The predicted molar refractivity (Wildman–Crippen MR) is 55.5 cm³/mol. The van der Waals surface area contributed by atoms with E-state index in [1.54, 1.807) is 19.1 Å². The molecule has 0 saturated heterocycles. The maximum atomic E-state index is 11.3. The van der Waals surface area contributed by atoms with Gasteiger partial charge in [-0.15, -0.1) is 0 Å². The maximum Gasteiger partial charge on any atom is 0.338 e. The van der Waals surface area contributed by atoms with Crippen molar-refractivity contribution in [3.8, 4) is 0 Å². The van der Waals surface area contributed by atoms with Crippen molar-refractivity contribution in [1.82, 2.24) is 0 Å². The zero-order valence-electron chi connectivity index (χ0n) is 7.62. The molecule has 0 aromatic heterocycles. The van der Waals surface area contributed by atoms with Crippen LogP contribution in [-0.4, -0.2) is 18.9 Å². The van der Waals surface area contributed by atoms with Gasteiger partial charge in [0.1, 0.15) is 0 Å². The minimum atomic E-state index is -0.414. The van der Waals surface area contributed by atoms with Gasteiger partial charge in [0.2, 0.25) is 0 Å². The summed E-state index contributed by atoms with van der Waals surface area (Å²) in [6.45, 7) is 2.06. The first-order chi connectivity index (χ1) is 6.69.